The van der Waals surface area contributed by atoms with Gasteiger partial charge in [0.1, 0.15) is 6.04 Å². The molecule has 154 valence electrons. The maximum Gasteiger partial charge on any atom is 0.343 e. The Kier molecular flexibility index (Phi) is 4.78. The van der Waals surface area contributed by atoms with Crippen LogP contribution in [-0.4, -0.2) is 54.3 Å². The maximum atomic E-state index is 14.1. The van der Waals surface area contributed by atoms with Crippen LogP contribution in [0.4, 0.5) is 8.78 Å². The van der Waals surface area contributed by atoms with Crippen molar-refractivity contribution in [2.24, 2.45) is 11.8 Å². The monoisotopic (exact) mass is 394 g/mol. The number of carbonyl (C=O) groups is 1. The Labute approximate surface area is 165 Å². The number of hydrogen-bond donors (Lipinski definition) is 1. The number of piperidine rings is 1. The topological polar surface area (TPSA) is 46.5 Å². The number of aliphatic hydroxyl groups is 1. The molecule has 3 aliphatic rings. The van der Waals surface area contributed by atoms with Gasteiger partial charge in [0.05, 0.1) is 26.6 Å². The standard InChI is InChI=1S/C22H30F2NO3/c1-25(2)14-15-10-11-18(25)19(15)28-20(26)22(27,16-7-4-3-5-8-16)17-9-6-12-21(23,24)13-17/h3-5,7-8,15,17-19,27H,6,9-14H2,1-2H3/q+1/t15?,17-,18+,19?,22+/m1/s1. The Morgan fingerprint density at radius 3 is 2.50 bits per heavy atom. The van der Waals surface area contributed by atoms with Crippen LogP contribution >= 0.6 is 0 Å². The van der Waals surface area contributed by atoms with Crippen molar-refractivity contribution in [1.82, 2.24) is 0 Å². The lowest BCUT2D eigenvalue weighted by atomic mass is 9.72. The summed E-state index contributed by atoms with van der Waals surface area (Å²) in [5.41, 5.74) is -1.69. The van der Waals surface area contributed by atoms with Crippen LogP contribution in [0.2, 0.25) is 0 Å². The van der Waals surface area contributed by atoms with Gasteiger partial charge in [0, 0.05) is 25.2 Å². The van der Waals surface area contributed by atoms with Crippen LogP contribution in [0.1, 0.15) is 44.1 Å². The third-order valence-corrected chi connectivity index (χ3v) is 7.28. The number of carbonyl (C=O) groups excluding carboxylic acids is 1. The molecular formula is C22H30F2NO3+. The van der Waals surface area contributed by atoms with Gasteiger partial charge in [-0.2, -0.15) is 0 Å². The Bertz CT molecular complexity index is 739. The quantitative estimate of drug-likeness (QED) is 0.628. The zero-order chi connectivity index (χ0) is 20.2. The van der Waals surface area contributed by atoms with Gasteiger partial charge in [-0.15, -0.1) is 0 Å². The van der Waals surface area contributed by atoms with Crippen molar-refractivity contribution >= 4 is 5.97 Å². The number of nitrogens with zero attached hydrogens (tertiary/aromatic N) is 1. The third-order valence-electron chi connectivity index (χ3n) is 7.28. The summed E-state index contributed by atoms with van der Waals surface area (Å²) >= 11 is 0. The van der Waals surface area contributed by atoms with Gasteiger partial charge in [-0.1, -0.05) is 30.3 Å². The van der Waals surface area contributed by atoms with E-state index in [1.54, 1.807) is 30.3 Å². The molecule has 0 amide bonds. The van der Waals surface area contributed by atoms with Gasteiger partial charge in [0.15, 0.2) is 11.7 Å². The molecule has 1 aromatic carbocycles. The number of benzene rings is 1. The second-order valence-corrected chi connectivity index (χ2v) is 9.52. The minimum absolute atomic E-state index is 0.193. The highest BCUT2D eigenvalue weighted by molar-refractivity contribution is 5.82. The fourth-order valence-electron chi connectivity index (χ4n) is 5.84. The highest BCUT2D eigenvalue weighted by atomic mass is 19.3. The van der Waals surface area contributed by atoms with E-state index in [-0.39, 0.29) is 24.5 Å². The van der Waals surface area contributed by atoms with E-state index in [2.05, 4.69) is 14.1 Å². The molecular weight excluding hydrogens is 364 g/mol. The molecule has 1 aromatic rings. The summed E-state index contributed by atoms with van der Waals surface area (Å²) in [6, 6.07) is 8.69. The first kappa shape index (κ1) is 19.8. The van der Waals surface area contributed by atoms with E-state index in [1.165, 1.54) is 0 Å². The molecule has 2 saturated carbocycles. The van der Waals surface area contributed by atoms with Gasteiger partial charge in [-0.25, -0.2) is 13.6 Å². The first-order chi connectivity index (χ1) is 13.1. The summed E-state index contributed by atoms with van der Waals surface area (Å²) in [6.07, 6.45) is 1.74. The fraction of sp³-hybridized carbons (Fsp3) is 0.682. The minimum Gasteiger partial charge on any atom is -0.453 e. The average Bonchev–Trinajstić information content (AvgIpc) is 3.13. The zero-order valence-corrected chi connectivity index (χ0v) is 16.6. The molecule has 0 radical (unpaired) electrons. The van der Waals surface area contributed by atoms with E-state index in [0.717, 1.165) is 23.9 Å². The number of esters is 1. The SMILES string of the molecule is C[N+]1(C)CC2CC[C@H]1C2OC(=O)[C@](O)(c1ccccc1)[C@@H]1CCCC(F)(F)C1. The van der Waals surface area contributed by atoms with Gasteiger partial charge in [0.25, 0.3) is 0 Å². The molecule has 2 bridgehead atoms. The number of alkyl halides is 2. The predicted octanol–water partition coefficient (Wildman–Crippen LogP) is 3.48. The summed E-state index contributed by atoms with van der Waals surface area (Å²) < 4.78 is 35.0. The number of quaternary nitrogens is 1. The Hall–Kier alpha value is -1.53. The van der Waals surface area contributed by atoms with E-state index >= 15 is 0 Å². The van der Waals surface area contributed by atoms with E-state index < -0.39 is 29.8 Å². The van der Waals surface area contributed by atoms with Gasteiger partial charge in [-0.05, 0) is 24.8 Å². The molecule has 4 nitrogen and oxygen atoms in total. The molecule has 1 saturated heterocycles. The van der Waals surface area contributed by atoms with Gasteiger partial charge in [-0.3, -0.25) is 0 Å². The molecule has 0 spiro atoms. The summed E-state index contributed by atoms with van der Waals surface area (Å²) in [5.74, 6) is -4.20. The lowest BCUT2D eigenvalue weighted by Crippen LogP contribution is -2.51. The third kappa shape index (κ3) is 3.24. The zero-order valence-electron chi connectivity index (χ0n) is 16.6. The lowest BCUT2D eigenvalue weighted by molar-refractivity contribution is -0.908. The maximum absolute atomic E-state index is 14.1. The van der Waals surface area contributed by atoms with E-state index in [1.807, 2.05) is 0 Å². The Morgan fingerprint density at radius 2 is 1.93 bits per heavy atom. The molecule has 1 aliphatic heterocycles. The summed E-state index contributed by atoms with van der Waals surface area (Å²) in [4.78, 5) is 13.3. The van der Waals surface area contributed by atoms with E-state index in [4.69, 9.17) is 4.74 Å². The number of rotatable bonds is 4. The van der Waals surface area contributed by atoms with Crippen LogP contribution in [0.15, 0.2) is 30.3 Å². The summed E-state index contributed by atoms with van der Waals surface area (Å²) in [7, 11) is 4.27. The molecule has 1 N–H and O–H groups in total. The summed E-state index contributed by atoms with van der Waals surface area (Å²) in [5, 5.41) is 11.6. The smallest absolute Gasteiger partial charge is 0.343 e. The van der Waals surface area contributed by atoms with Crippen LogP contribution in [0.5, 0.6) is 0 Å². The van der Waals surface area contributed by atoms with Gasteiger partial charge < -0.3 is 14.3 Å². The molecule has 3 fully saturated rings. The van der Waals surface area contributed by atoms with Gasteiger partial charge >= 0.3 is 5.97 Å². The molecule has 0 aromatic heterocycles. The molecule has 2 unspecified atom stereocenters. The largest absolute Gasteiger partial charge is 0.453 e. The van der Waals surface area contributed by atoms with Crippen molar-refractivity contribution in [3.8, 4) is 0 Å². The number of fused-ring (bicyclic) bond motifs is 2. The first-order valence-corrected chi connectivity index (χ1v) is 10.3. The predicted molar refractivity (Wildman–Crippen MR) is 101 cm³/mol. The molecule has 1 heterocycles. The van der Waals surface area contributed by atoms with E-state index in [9.17, 15) is 18.7 Å². The average molecular weight is 394 g/mol. The number of likely N-dealkylation sites (N-methyl/N-ethyl adjacent to an activating group) is 1. The Morgan fingerprint density at radius 1 is 1.21 bits per heavy atom. The minimum atomic E-state index is -2.86. The molecule has 5 atom stereocenters. The van der Waals surface area contributed by atoms with Crippen LogP contribution < -0.4 is 0 Å². The molecule has 4 rings (SSSR count). The number of ether oxygens (including phenoxy) is 1. The van der Waals surface area contributed by atoms with Crippen LogP contribution in [0.3, 0.4) is 0 Å². The first-order valence-electron chi connectivity index (χ1n) is 10.3. The Balaban J connectivity index is 1.63. The molecule has 2 aliphatic carbocycles. The van der Waals surface area contributed by atoms with Crippen LogP contribution in [0.25, 0.3) is 0 Å². The second-order valence-electron chi connectivity index (χ2n) is 9.52. The van der Waals surface area contributed by atoms with E-state index in [0.29, 0.717) is 18.4 Å². The second kappa shape index (κ2) is 6.77. The van der Waals surface area contributed by atoms with Crippen molar-refractivity contribution in [3.63, 3.8) is 0 Å². The molecule has 6 heteroatoms. The molecule has 28 heavy (non-hydrogen) atoms. The van der Waals surface area contributed by atoms with Crippen molar-refractivity contribution in [2.75, 3.05) is 20.6 Å². The fourth-order valence-corrected chi connectivity index (χ4v) is 5.84. The number of hydrogen-bond acceptors (Lipinski definition) is 3. The van der Waals surface area contributed by atoms with Crippen molar-refractivity contribution in [3.05, 3.63) is 35.9 Å². The van der Waals surface area contributed by atoms with Crippen molar-refractivity contribution in [1.29, 1.82) is 0 Å². The number of likely N-dealkylation sites (tertiary alicyclic amines) is 1. The van der Waals surface area contributed by atoms with Crippen LogP contribution in [-0.2, 0) is 15.1 Å². The summed E-state index contributed by atoms with van der Waals surface area (Å²) in [6.45, 7) is 0.938. The highest BCUT2D eigenvalue weighted by Gasteiger charge is 2.59. The van der Waals surface area contributed by atoms with Gasteiger partial charge in [0.2, 0.25) is 5.92 Å². The van der Waals surface area contributed by atoms with Crippen molar-refractivity contribution in [2.45, 2.75) is 62.2 Å². The number of halogens is 2. The van der Waals surface area contributed by atoms with Crippen LogP contribution in [0, 0.1) is 11.8 Å². The van der Waals surface area contributed by atoms with Crippen molar-refractivity contribution < 1.29 is 27.9 Å². The lowest BCUT2D eigenvalue weighted by Gasteiger charge is -2.40. The highest BCUT2D eigenvalue weighted by Crippen LogP contribution is 2.48. The normalized spacial score (nSPS) is 35.3.